The first kappa shape index (κ1) is 19.1. The molecular formula is C20H24F3N5. The zero-order valence-corrected chi connectivity index (χ0v) is 15.6. The van der Waals surface area contributed by atoms with E-state index in [1.54, 1.807) is 18.5 Å². The molecule has 2 heterocycles. The van der Waals surface area contributed by atoms with Gasteiger partial charge in [-0.3, -0.25) is 4.90 Å². The first-order valence-corrected chi connectivity index (χ1v) is 9.66. The molecule has 8 heteroatoms. The molecule has 0 saturated carbocycles. The summed E-state index contributed by atoms with van der Waals surface area (Å²) in [6.45, 7) is 3.60. The lowest BCUT2D eigenvalue weighted by molar-refractivity contribution is -0.137. The number of halogens is 3. The Morgan fingerprint density at radius 2 is 1.71 bits per heavy atom. The predicted molar refractivity (Wildman–Crippen MR) is 101 cm³/mol. The number of hydrogen-bond donors (Lipinski definition) is 1. The fraction of sp³-hybridized carbons (Fsp3) is 0.500. The van der Waals surface area contributed by atoms with Crippen LogP contribution in [0, 0.1) is 0 Å². The normalized spacial score (nSPS) is 18.9. The van der Waals surface area contributed by atoms with Gasteiger partial charge in [-0.2, -0.15) is 13.2 Å². The van der Waals surface area contributed by atoms with Gasteiger partial charge in [0.2, 0.25) is 0 Å². The third-order valence-corrected chi connectivity index (χ3v) is 5.75. The van der Waals surface area contributed by atoms with Gasteiger partial charge in [-0.1, -0.05) is 12.1 Å². The van der Waals surface area contributed by atoms with Crippen molar-refractivity contribution in [3.05, 3.63) is 53.0 Å². The number of rotatable bonds is 4. The van der Waals surface area contributed by atoms with Crippen LogP contribution in [0.25, 0.3) is 0 Å². The number of anilines is 1. The summed E-state index contributed by atoms with van der Waals surface area (Å²) in [5.41, 5.74) is 8.61. The van der Waals surface area contributed by atoms with Crippen molar-refractivity contribution in [2.24, 2.45) is 5.73 Å². The summed E-state index contributed by atoms with van der Waals surface area (Å²) in [6, 6.07) is 5.28. The minimum absolute atomic E-state index is 0.0828. The van der Waals surface area contributed by atoms with Crippen LogP contribution in [0.3, 0.4) is 0 Å². The molecule has 5 nitrogen and oxygen atoms in total. The molecule has 0 spiro atoms. The highest BCUT2D eigenvalue weighted by molar-refractivity contribution is 5.50. The Labute approximate surface area is 162 Å². The molecule has 2 aliphatic rings. The van der Waals surface area contributed by atoms with Crippen molar-refractivity contribution in [2.75, 3.05) is 37.6 Å². The fourth-order valence-electron chi connectivity index (χ4n) is 4.25. The summed E-state index contributed by atoms with van der Waals surface area (Å²) >= 11 is 0. The predicted octanol–water partition coefficient (Wildman–Crippen LogP) is 2.81. The van der Waals surface area contributed by atoms with Crippen LogP contribution >= 0.6 is 0 Å². The Kier molecular flexibility index (Phi) is 5.25. The molecule has 28 heavy (non-hydrogen) atoms. The third kappa shape index (κ3) is 3.71. The van der Waals surface area contributed by atoms with Gasteiger partial charge in [0.15, 0.2) is 0 Å². The second-order valence-electron chi connectivity index (χ2n) is 7.37. The summed E-state index contributed by atoms with van der Waals surface area (Å²) in [7, 11) is 0. The Bertz CT molecular complexity index is 814. The molecule has 1 aromatic heterocycles. The first-order valence-electron chi connectivity index (χ1n) is 9.66. The second-order valence-corrected chi connectivity index (χ2v) is 7.37. The Morgan fingerprint density at radius 1 is 1.00 bits per heavy atom. The van der Waals surface area contributed by atoms with Gasteiger partial charge in [0.1, 0.15) is 12.1 Å². The van der Waals surface area contributed by atoms with Crippen molar-refractivity contribution in [3.8, 4) is 0 Å². The number of aryl methyl sites for hydroxylation is 1. The number of piperazine rings is 1. The summed E-state index contributed by atoms with van der Waals surface area (Å²) in [5, 5.41) is 0. The number of nitrogens with zero attached hydrogens (tertiary/aromatic N) is 4. The maximum Gasteiger partial charge on any atom is 0.416 e. The summed E-state index contributed by atoms with van der Waals surface area (Å²) in [6.07, 6.45) is 0.512. The van der Waals surface area contributed by atoms with Crippen LogP contribution in [0.15, 0.2) is 30.6 Å². The number of benzene rings is 1. The number of nitrogens with two attached hydrogens (primary N) is 1. The molecule has 0 amide bonds. The van der Waals surface area contributed by atoms with Gasteiger partial charge >= 0.3 is 6.18 Å². The van der Waals surface area contributed by atoms with Crippen LogP contribution in [0.4, 0.5) is 19.0 Å². The van der Waals surface area contributed by atoms with Crippen LogP contribution in [-0.4, -0.2) is 47.6 Å². The highest BCUT2D eigenvalue weighted by atomic mass is 19.4. The minimum Gasteiger partial charge on any atom is -0.354 e. The Balaban J connectivity index is 1.44. The van der Waals surface area contributed by atoms with Crippen molar-refractivity contribution in [2.45, 2.75) is 31.5 Å². The smallest absolute Gasteiger partial charge is 0.354 e. The van der Waals surface area contributed by atoms with E-state index < -0.39 is 11.7 Å². The van der Waals surface area contributed by atoms with E-state index in [4.69, 9.17) is 5.73 Å². The monoisotopic (exact) mass is 391 g/mol. The van der Waals surface area contributed by atoms with Crippen LogP contribution in [0.1, 0.15) is 34.8 Å². The average molecular weight is 391 g/mol. The lowest BCUT2D eigenvalue weighted by atomic mass is 10.0. The molecule has 1 saturated heterocycles. The molecule has 1 aliphatic carbocycles. The third-order valence-electron chi connectivity index (χ3n) is 5.75. The highest BCUT2D eigenvalue weighted by Crippen LogP contribution is 2.32. The van der Waals surface area contributed by atoms with Gasteiger partial charge in [-0.25, -0.2) is 9.97 Å². The first-order chi connectivity index (χ1) is 13.5. The number of hydrogen-bond acceptors (Lipinski definition) is 5. The topological polar surface area (TPSA) is 58.3 Å². The van der Waals surface area contributed by atoms with Crippen molar-refractivity contribution in [3.63, 3.8) is 0 Å². The quantitative estimate of drug-likeness (QED) is 0.869. The Hall–Kier alpha value is -2.19. The van der Waals surface area contributed by atoms with Crippen LogP contribution in [0.2, 0.25) is 0 Å². The molecule has 0 bridgehead atoms. The highest BCUT2D eigenvalue weighted by Gasteiger charge is 2.31. The standard InChI is InChI=1S/C20H24F3N5/c21-20(22,23)15-6-4-14(5-7-15)18(12-24)27-8-10-28(11-9-27)19-16-2-1-3-17(16)25-13-26-19/h4-7,13,18H,1-3,8-12,24H2. The molecule has 1 fully saturated rings. The van der Waals surface area contributed by atoms with Crippen molar-refractivity contribution in [1.29, 1.82) is 0 Å². The molecule has 2 aromatic rings. The van der Waals surface area contributed by atoms with E-state index in [1.807, 2.05) is 0 Å². The van der Waals surface area contributed by atoms with Crippen LogP contribution in [-0.2, 0) is 19.0 Å². The number of aromatic nitrogens is 2. The van der Waals surface area contributed by atoms with Gasteiger partial charge in [0.25, 0.3) is 0 Å². The minimum atomic E-state index is -4.32. The van der Waals surface area contributed by atoms with Gasteiger partial charge in [0, 0.05) is 50.0 Å². The van der Waals surface area contributed by atoms with Crippen molar-refractivity contribution in [1.82, 2.24) is 14.9 Å². The molecule has 0 radical (unpaired) electrons. The van der Waals surface area contributed by atoms with Crippen molar-refractivity contribution >= 4 is 5.82 Å². The summed E-state index contributed by atoms with van der Waals surface area (Å²) < 4.78 is 38.4. The van der Waals surface area contributed by atoms with E-state index in [-0.39, 0.29) is 6.04 Å². The molecule has 1 aliphatic heterocycles. The van der Waals surface area contributed by atoms with Crippen molar-refractivity contribution < 1.29 is 13.2 Å². The molecule has 4 rings (SSSR count). The van der Waals surface area contributed by atoms with E-state index in [9.17, 15) is 13.2 Å². The lowest BCUT2D eigenvalue weighted by Crippen LogP contribution is -2.49. The fourth-order valence-corrected chi connectivity index (χ4v) is 4.25. The molecule has 1 atom stereocenters. The summed E-state index contributed by atoms with van der Waals surface area (Å²) in [5.74, 6) is 1.04. The van der Waals surface area contributed by atoms with Gasteiger partial charge < -0.3 is 10.6 Å². The largest absolute Gasteiger partial charge is 0.416 e. The van der Waals surface area contributed by atoms with E-state index in [2.05, 4.69) is 19.8 Å². The zero-order valence-electron chi connectivity index (χ0n) is 15.6. The van der Waals surface area contributed by atoms with E-state index in [0.717, 1.165) is 74.6 Å². The molecule has 1 unspecified atom stereocenters. The second kappa shape index (κ2) is 7.67. The molecule has 150 valence electrons. The zero-order chi connectivity index (χ0) is 19.7. The molecule has 1 aromatic carbocycles. The number of alkyl halides is 3. The maximum atomic E-state index is 12.8. The molecule has 2 N–H and O–H groups in total. The van der Waals surface area contributed by atoms with E-state index >= 15 is 0 Å². The van der Waals surface area contributed by atoms with Gasteiger partial charge in [-0.05, 0) is 37.0 Å². The SMILES string of the molecule is NCC(c1ccc(C(F)(F)F)cc1)N1CCN(c2ncnc3c2CCC3)CC1. The average Bonchev–Trinajstić information content (AvgIpc) is 3.18. The lowest BCUT2D eigenvalue weighted by Gasteiger charge is -2.40. The number of fused-ring (bicyclic) bond motifs is 1. The van der Waals surface area contributed by atoms with Gasteiger partial charge in [0.05, 0.1) is 5.56 Å². The maximum absolute atomic E-state index is 12.8. The summed E-state index contributed by atoms with van der Waals surface area (Å²) in [4.78, 5) is 13.5. The Morgan fingerprint density at radius 3 is 2.36 bits per heavy atom. The van der Waals surface area contributed by atoms with Crippen LogP contribution < -0.4 is 10.6 Å². The van der Waals surface area contributed by atoms with Crippen LogP contribution in [0.5, 0.6) is 0 Å². The molecular weight excluding hydrogens is 367 g/mol. The van der Waals surface area contributed by atoms with E-state index in [0.29, 0.717) is 6.54 Å². The van der Waals surface area contributed by atoms with Gasteiger partial charge in [-0.15, -0.1) is 0 Å². The van der Waals surface area contributed by atoms with E-state index in [1.165, 1.54) is 5.56 Å².